The smallest absolute Gasteiger partial charge is 0.419 e. The van der Waals surface area contributed by atoms with Crippen molar-refractivity contribution < 1.29 is 41.3 Å². The summed E-state index contributed by atoms with van der Waals surface area (Å²) in [6.45, 7) is 0.572. The molecule has 3 aromatic rings. The summed E-state index contributed by atoms with van der Waals surface area (Å²) in [6.07, 6.45) is -3.99. The quantitative estimate of drug-likeness (QED) is 0.457. The number of anilines is 1. The third-order valence-corrected chi connectivity index (χ3v) is 5.16. The van der Waals surface area contributed by atoms with E-state index in [0.29, 0.717) is 0 Å². The van der Waals surface area contributed by atoms with E-state index >= 15 is 0 Å². The number of morpholine rings is 1. The Morgan fingerprint density at radius 3 is 2.70 bits per heavy atom. The SMILES string of the molecule is COC(=O)[C@@H]1COCCN1c1ncc2c(-c3cc(C(F)(F)F)c(F)c(O)c3F)nn(C)c2n1. The van der Waals surface area contributed by atoms with Crippen molar-refractivity contribution in [3.8, 4) is 17.0 Å². The zero-order valence-electron chi connectivity index (χ0n) is 17.2. The molecule has 1 N–H and O–H groups in total. The Balaban J connectivity index is 1.85. The van der Waals surface area contributed by atoms with Gasteiger partial charge >= 0.3 is 12.1 Å². The van der Waals surface area contributed by atoms with Crippen LogP contribution in [0.25, 0.3) is 22.3 Å². The number of aromatic nitrogens is 4. The fourth-order valence-electron chi connectivity index (χ4n) is 3.54. The summed E-state index contributed by atoms with van der Waals surface area (Å²) in [5.41, 5.74) is -2.85. The van der Waals surface area contributed by atoms with Crippen LogP contribution >= 0.6 is 0 Å². The van der Waals surface area contributed by atoms with Crippen LogP contribution in [0.1, 0.15) is 5.56 Å². The zero-order valence-corrected chi connectivity index (χ0v) is 17.2. The normalized spacial score (nSPS) is 16.9. The van der Waals surface area contributed by atoms with Crippen molar-refractivity contribution in [2.24, 2.45) is 7.05 Å². The number of phenols is 1. The standard InChI is InChI=1S/C19H16F5N5O4/c1-28-16-9(6-25-18(26-16)29-3-4-33-7-11(29)17(31)32-2)14(27-28)8-5-10(19(22,23)24)13(21)15(30)12(8)20/h5-6,11,30H,3-4,7H2,1-2H3/t11-/m0/s1. The number of fused-ring (bicyclic) bond motifs is 1. The molecule has 0 radical (unpaired) electrons. The van der Waals surface area contributed by atoms with E-state index < -0.39 is 46.7 Å². The third kappa shape index (κ3) is 3.79. The average Bonchev–Trinajstić information content (AvgIpc) is 3.12. The first kappa shape index (κ1) is 22.6. The lowest BCUT2D eigenvalue weighted by Crippen LogP contribution is -2.51. The van der Waals surface area contributed by atoms with Crippen LogP contribution in [0.5, 0.6) is 5.75 Å². The van der Waals surface area contributed by atoms with Crippen molar-refractivity contribution in [1.29, 1.82) is 0 Å². The number of nitrogens with zero attached hydrogens (tertiary/aromatic N) is 5. The molecule has 1 aliphatic rings. The summed E-state index contributed by atoms with van der Waals surface area (Å²) in [4.78, 5) is 22.1. The number of phenolic OH excluding ortho intramolecular Hbond substituents is 1. The van der Waals surface area contributed by atoms with Gasteiger partial charge in [-0.2, -0.15) is 23.3 Å². The van der Waals surface area contributed by atoms with Crippen LogP contribution in [0.2, 0.25) is 0 Å². The number of benzene rings is 1. The first-order valence-electron chi connectivity index (χ1n) is 9.45. The van der Waals surface area contributed by atoms with Crippen LogP contribution in [0.15, 0.2) is 12.3 Å². The third-order valence-electron chi connectivity index (χ3n) is 5.16. The van der Waals surface area contributed by atoms with Gasteiger partial charge in [0.15, 0.2) is 29.1 Å². The second-order valence-electron chi connectivity index (χ2n) is 7.13. The molecule has 1 fully saturated rings. The maximum Gasteiger partial charge on any atom is 0.419 e. The van der Waals surface area contributed by atoms with Gasteiger partial charge in [-0.1, -0.05) is 0 Å². The number of ether oxygens (including phenoxy) is 2. The largest absolute Gasteiger partial charge is 0.503 e. The van der Waals surface area contributed by atoms with Gasteiger partial charge in [0, 0.05) is 25.4 Å². The highest BCUT2D eigenvalue weighted by Crippen LogP contribution is 2.41. The molecule has 0 bridgehead atoms. The number of alkyl halides is 3. The molecule has 3 heterocycles. The maximum atomic E-state index is 14.6. The molecule has 14 heteroatoms. The van der Waals surface area contributed by atoms with E-state index in [1.807, 2.05) is 0 Å². The Morgan fingerprint density at radius 2 is 2.03 bits per heavy atom. The lowest BCUT2D eigenvalue weighted by Gasteiger charge is -2.33. The molecule has 0 aliphatic carbocycles. The number of carbonyl (C=O) groups excluding carboxylic acids is 1. The molecule has 1 aromatic carbocycles. The summed E-state index contributed by atoms with van der Waals surface area (Å²) >= 11 is 0. The number of aryl methyl sites for hydroxylation is 1. The molecule has 1 atom stereocenters. The van der Waals surface area contributed by atoms with E-state index in [1.165, 1.54) is 25.3 Å². The minimum atomic E-state index is -5.18. The van der Waals surface area contributed by atoms with Crippen molar-refractivity contribution in [3.05, 3.63) is 29.5 Å². The van der Waals surface area contributed by atoms with Crippen LogP contribution < -0.4 is 4.90 Å². The lowest BCUT2D eigenvalue weighted by atomic mass is 10.0. The maximum absolute atomic E-state index is 14.6. The number of hydrogen-bond acceptors (Lipinski definition) is 8. The highest BCUT2D eigenvalue weighted by molar-refractivity contribution is 5.92. The van der Waals surface area contributed by atoms with Gasteiger partial charge < -0.3 is 19.5 Å². The van der Waals surface area contributed by atoms with Crippen LogP contribution in [0.4, 0.5) is 27.9 Å². The molecular formula is C19H16F5N5O4. The molecule has 1 aliphatic heterocycles. The van der Waals surface area contributed by atoms with Crippen molar-refractivity contribution in [2.75, 3.05) is 31.8 Å². The highest BCUT2D eigenvalue weighted by atomic mass is 19.4. The number of carbonyl (C=O) groups is 1. The number of halogens is 5. The van der Waals surface area contributed by atoms with E-state index in [4.69, 9.17) is 9.47 Å². The van der Waals surface area contributed by atoms with Gasteiger partial charge in [-0.25, -0.2) is 23.2 Å². The Hall–Kier alpha value is -3.55. The van der Waals surface area contributed by atoms with Crippen molar-refractivity contribution in [1.82, 2.24) is 19.7 Å². The van der Waals surface area contributed by atoms with Gasteiger partial charge in [-0.05, 0) is 6.07 Å². The van der Waals surface area contributed by atoms with E-state index in [1.54, 1.807) is 0 Å². The monoisotopic (exact) mass is 473 g/mol. The van der Waals surface area contributed by atoms with Gasteiger partial charge in [0.05, 0.1) is 31.3 Å². The molecule has 1 saturated heterocycles. The second kappa shape index (κ2) is 8.10. The van der Waals surface area contributed by atoms with E-state index in [-0.39, 0.29) is 48.5 Å². The zero-order chi connectivity index (χ0) is 24.1. The molecule has 2 aromatic heterocycles. The summed E-state index contributed by atoms with van der Waals surface area (Å²) in [7, 11) is 2.63. The van der Waals surface area contributed by atoms with Gasteiger partial charge in [0.1, 0.15) is 5.69 Å². The molecule has 0 unspecified atom stereocenters. The van der Waals surface area contributed by atoms with E-state index in [9.17, 15) is 31.9 Å². The number of esters is 1. The Labute approximate surface area is 182 Å². The Morgan fingerprint density at radius 1 is 1.30 bits per heavy atom. The lowest BCUT2D eigenvalue weighted by molar-refractivity contribution is -0.144. The van der Waals surface area contributed by atoms with Crippen LogP contribution in [-0.2, 0) is 27.5 Å². The predicted octanol–water partition coefficient (Wildman–Crippen LogP) is 2.41. The molecule has 4 rings (SSSR count). The molecule has 0 saturated carbocycles. The number of methoxy groups -OCH3 is 1. The summed E-state index contributed by atoms with van der Waals surface area (Å²) in [6, 6.07) is -0.593. The predicted molar refractivity (Wildman–Crippen MR) is 102 cm³/mol. The van der Waals surface area contributed by atoms with Gasteiger partial charge in [0.25, 0.3) is 0 Å². The summed E-state index contributed by atoms with van der Waals surface area (Å²) in [5, 5.41) is 13.7. The first-order chi connectivity index (χ1) is 15.5. The minimum absolute atomic E-state index is 0.0327. The topological polar surface area (TPSA) is 103 Å². The summed E-state index contributed by atoms with van der Waals surface area (Å²) in [5.74, 6) is -5.99. The Kier molecular flexibility index (Phi) is 5.56. The van der Waals surface area contributed by atoms with Crippen molar-refractivity contribution >= 4 is 23.0 Å². The van der Waals surface area contributed by atoms with Crippen molar-refractivity contribution in [2.45, 2.75) is 12.2 Å². The number of rotatable bonds is 3. The minimum Gasteiger partial charge on any atom is -0.503 e. The van der Waals surface area contributed by atoms with Crippen LogP contribution in [0, 0.1) is 11.6 Å². The number of hydrogen-bond donors (Lipinski definition) is 1. The fourth-order valence-corrected chi connectivity index (χ4v) is 3.54. The fraction of sp³-hybridized carbons (Fsp3) is 0.368. The van der Waals surface area contributed by atoms with Crippen molar-refractivity contribution in [3.63, 3.8) is 0 Å². The van der Waals surface area contributed by atoms with Gasteiger partial charge in [-0.15, -0.1) is 0 Å². The van der Waals surface area contributed by atoms with Gasteiger partial charge in [0.2, 0.25) is 5.95 Å². The average molecular weight is 473 g/mol. The van der Waals surface area contributed by atoms with E-state index in [0.717, 1.165) is 4.68 Å². The van der Waals surface area contributed by atoms with E-state index in [2.05, 4.69) is 15.1 Å². The molecule has 9 nitrogen and oxygen atoms in total. The van der Waals surface area contributed by atoms with Crippen LogP contribution in [0.3, 0.4) is 0 Å². The molecule has 0 amide bonds. The van der Waals surface area contributed by atoms with Crippen LogP contribution in [-0.4, -0.2) is 63.7 Å². The molecule has 176 valence electrons. The second-order valence-corrected chi connectivity index (χ2v) is 7.13. The highest BCUT2D eigenvalue weighted by Gasteiger charge is 2.38. The Bertz CT molecular complexity index is 1250. The van der Waals surface area contributed by atoms with Gasteiger partial charge in [-0.3, -0.25) is 0 Å². The summed E-state index contributed by atoms with van der Waals surface area (Å²) < 4.78 is 79.2. The first-order valence-corrected chi connectivity index (χ1v) is 9.45. The molecular weight excluding hydrogens is 457 g/mol. The molecule has 0 spiro atoms. The molecule has 33 heavy (non-hydrogen) atoms. The number of aromatic hydroxyl groups is 1.